The second kappa shape index (κ2) is 8.63. The van der Waals surface area contributed by atoms with Crippen molar-refractivity contribution in [2.24, 2.45) is 0 Å². The lowest BCUT2D eigenvalue weighted by Crippen LogP contribution is -2.35. The van der Waals surface area contributed by atoms with Gasteiger partial charge in [0.2, 0.25) is 10.0 Å². The van der Waals surface area contributed by atoms with E-state index in [1.54, 1.807) is 23.9 Å². The maximum absolute atomic E-state index is 13.1. The van der Waals surface area contributed by atoms with Crippen molar-refractivity contribution in [1.29, 1.82) is 0 Å². The summed E-state index contributed by atoms with van der Waals surface area (Å²) < 4.78 is 27.6. The lowest BCUT2D eigenvalue weighted by atomic mass is 10.0. The van der Waals surface area contributed by atoms with Crippen LogP contribution in [0.25, 0.3) is 0 Å². The molecule has 1 heterocycles. The van der Waals surface area contributed by atoms with Crippen LogP contribution < -0.4 is 5.32 Å². The Morgan fingerprint density at radius 2 is 1.60 bits per heavy atom. The smallest absolute Gasteiger partial charge is 0.255 e. The summed E-state index contributed by atoms with van der Waals surface area (Å²) in [5.74, 6) is -0.271. The van der Waals surface area contributed by atoms with Crippen molar-refractivity contribution in [2.45, 2.75) is 22.8 Å². The standard InChI is InChI=1S/C23H22N2O3S2/c1-29-22-9-5-4-8-21(22)24-23(26)18-10-12-20(13-11-18)30(27,28)25-15-14-17-6-2-3-7-19(17)16-25/h2-13H,14-16H2,1H3,(H,24,26). The van der Waals surface area contributed by atoms with Gasteiger partial charge in [-0.2, -0.15) is 4.31 Å². The normalized spacial score (nSPS) is 14.2. The highest BCUT2D eigenvalue weighted by molar-refractivity contribution is 7.98. The molecule has 30 heavy (non-hydrogen) atoms. The fourth-order valence-corrected chi connectivity index (χ4v) is 5.52. The molecule has 154 valence electrons. The predicted octanol–water partition coefficient (Wildman–Crippen LogP) is 4.41. The molecule has 0 unspecified atom stereocenters. The molecule has 0 saturated heterocycles. The number of carbonyl (C=O) groups excluding carboxylic acids is 1. The number of fused-ring (bicyclic) bond motifs is 1. The van der Waals surface area contributed by atoms with Crippen LogP contribution in [0.3, 0.4) is 0 Å². The maximum Gasteiger partial charge on any atom is 0.255 e. The van der Waals surface area contributed by atoms with Crippen molar-refractivity contribution in [3.05, 3.63) is 89.5 Å². The Labute approximate surface area is 181 Å². The van der Waals surface area contributed by atoms with E-state index in [4.69, 9.17) is 0 Å². The van der Waals surface area contributed by atoms with E-state index < -0.39 is 10.0 Å². The highest BCUT2D eigenvalue weighted by atomic mass is 32.2. The number of nitrogens with zero attached hydrogens (tertiary/aromatic N) is 1. The van der Waals surface area contributed by atoms with Gasteiger partial charge in [-0.25, -0.2) is 8.42 Å². The molecule has 7 heteroatoms. The number of hydrogen-bond acceptors (Lipinski definition) is 4. The van der Waals surface area contributed by atoms with Gasteiger partial charge in [0.15, 0.2) is 0 Å². The van der Waals surface area contributed by atoms with E-state index in [2.05, 4.69) is 5.32 Å². The van der Waals surface area contributed by atoms with E-state index in [1.165, 1.54) is 22.0 Å². The zero-order chi connectivity index (χ0) is 21.1. The van der Waals surface area contributed by atoms with Crippen LogP contribution in [-0.2, 0) is 23.0 Å². The molecule has 0 atom stereocenters. The Balaban J connectivity index is 1.51. The van der Waals surface area contributed by atoms with E-state index in [0.29, 0.717) is 25.1 Å². The van der Waals surface area contributed by atoms with Gasteiger partial charge in [0, 0.05) is 23.5 Å². The number of thioether (sulfide) groups is 1. The first-order valence-corrected chi connectivity index (χ1v) is 12.3. The molecule has 1 aliphatic rings. The van der Waals surface area contributed by atoms with Gasteiger partial charge in [0.25, 0.3) is 5.91 Å². The van der Waals surface area contributed by atoms with E-state index in [-0.39, 0.29) is 10.8 Å². The monoisotopic (exact) mass is 438 g/mol. The minimum Gasteiger partial charge on any atom is -0.321 e. The van der Waals surface area contributed by atoms with E-state index >= 15 is 0 Å². The number of rotatable bonds is 5. The number of hydrogen-bond donors (Lipinski definition) is 1. The van der Waals surface area contributed by atoms with Gasteiger partial charge in [-0.15, -0.1) is 11.8 Å². The first kappa shape index (κ1) is 20.7. The molecule has 4 rings (SSSR count). The Hall–Kier alpha value is -2.61. The van der Waals surface area contributed by atoms with E-state index in [0.717, 1.165) is 16.1 Å². The first-order valence-electron chi connectivity index (χ1n) is 9.60. The second-order valence-corrected chi connectivity index (χ2v) is 9.82. The fraction of sp³-hybridized carbons (Fsp3) is 0.174. The summed E-state index contributed by atoms with van der Waals surface area (Å²) in [6, 6.07) is 21.6. The summed E-state index contributed by atoms with van der Waals surface area (Å²) in [5.41, 5.74) is 3.38. The number of carbonyl (C=O) groups is 1. The van der Waals surface area contributed by atoms with Crippen LogP contribution in [0, 0.1) is 0 Å². The van der Waals surface area contributed by atoms with Gasteiger partial charge in [-0.3, -0.25) is 4.79 Å². The summed E-state index contributed by atoms with van der Waals surface area (Å²) in [6.07, 6.45) is 2.65. The number of nitrogens with one attached hydrogen (secondary N) is 1. The molecule has 1 amide bonds. The summed E-state index contributed by atoms with van der Waals surface area (Å²) in [4.78, 5) is 13.8. The zero-order valence-electron chi connectivity index (χ0n) is 16.5. The number of sulfonamides is 1. The third-order valence-corrected chi connectivity index (χ3v) is 7.86. The van der Waals surface area contributed by atoms with E-state index in [9.17, 15) is 13.2 Å². The minimum atomic E-state index is -3.62. The number of para-hydroxylation sites is 1. The Morgan fingerprint density at radius 3 is 2.33 bits per heavy atom. The van der Waals surface area contributed by atoms with Crippen LogP contribution >= 0.6 is 11.8 Å². The summed E-state index contributed by atoms with van der Waals surface area (Å²) in [5, 5.41) is 2.89. The highest BCUT2D eigenvalue weighted by Crippen LogP contribution is 2.27. The lowest BCUT2D eigenvalue weighted by Gasteiger charge is -2.28. The third kappa shape index (κ3) is 4.14. The Bertz CT molecular complexity index is 1180. The average molecular weight is 439 g/mol. The number of amides is 1. The van der Waals surface area contributed by atoms with Gasteiger partial charge in [-0.1, -0.05) is 36.4 Å². The molecular weight excluding hydrogens is 416 g/mol. The number of benzene rings is 3. The zero-order valence-corrected chi connectivity index (χ0v) is 18.2. The number of anilines is 1. The largest absolute Gasteiger partial charge is 0.321 e. The van der Waals surface area contributed by atoms with Crippen molar-refractivity contribution in [2.75, 3.05) is 18.1 Å². The molecule has 1 N–H and O–H groups in total. The quantitative estimate of drug-likeness (QED) is 0.600. The molecular formula is C23H22N2O3S2. The molecule has 0 spiro atoms. The van der Waals surface area contributed by atoms with Crippen LogP contribution in [-0.4, -0.2) is 31.4 Å². The maximum atomic E-state index is 13.1. The van der Waals surface area contributed by atoms with E-state index in [1.807, 2.05) is 54.8 Å². The van der Waals surface area contributed by atoms with Crippen LogP contribution in [0.15, 0.2) is 82.6 Å². The van der Waals surface area contributed by atoms with Crippen molar-refractivity contribution < 1.29 is 13.2 Å². The fourth-order valence-electron chi connectivity index (χ4n) is 3.54. The van der Waals surface area contributed by atoms with Gasteiger partial charge >= 0.3 is 0 Å². The Kier molecular flexibility index (Phi) is 5.94. The van der Waals surface area contributed by atoms with Crippen LogP contribution in [0.5, 0.6) is 0 Å². The van der Waals surface area contributed by atoms with Gasteiger partial charge in [0.05, 0.1) is 10.6 Å². The topological polar surface area (TPSA) is 66.5 Å². The van der Waals surface area contributed by atoms with Crippen molar-refractivity contribution in [1.82, 2.24) is 4.31 Å². The molecule has 0 aliphatic carbocycles. The van der Waals surface area contributed by atoms with Gasteiger partial charge < -0.3 is 5.32 Å². The Morgan fingerprint density at radius 1 is 0.933 bits per heavy atom. The van der Waals surface area contributed by atoms with Crippen LogP contribution in [0.2, 0.25) is 0 Å². The lowest BCUT2D eigenvalue weighted by molar-refractivity contribution is 0.102. The minimum absolute atomic E-state index is 0.197. The third-order valence-electron chi connectivity index (χ3n) is 5.21. The van der Waals surface area contributed by atoms with Gasteiger partial charge in [-0.05, 0) is 60.2 Å². The molecule has 0 saturated carbocycles. The molecule has 0 bridgehead atoms. The van der Waals surface area contributed by atoms with Crippen LogP contribution in [0.1, 0.15) is 21.5 Å². The molecule has 5 nitrogen and oxygen atoms in total. The SMILES string of the molecule is CSc1ccccc1NC(=O)c1ccc(S(=O)(=O)N2CCc3ccccc3C2)cc1. The molecule has 0 aromatic heterocycles. The summed E-state index contributed by atoms with van der Waals surface area (Å²) in [7, 11) is -3.62. The highest BCUT2D eigenvalue weighted by Gasteiger charge is 2.28. The van der Waals surface area contributed by atoms with Gasteiger partial charge in [0.1, 0.15) is 0 Å². The summed E-state index contributed by atoms with van der Waals surface area (Å²) >= 11 is 1.55. The van der Waals surface area contributed by atoms with Crippen molar-refractivity contribution in [3.8, 4) is 0 Å². The van der Waals surface area contributed by atoms with Crippen molar-refractivity contribution >= 4 is 33.4 Å². The molecule has 3 aromatic carbocycles. The first-order chi connectivity index (χ1) is 14.5. The molecule has 1 aliphatic heterocycles. The van der Waals surface area contributed by atoms with Crippen molar-refractivity contribution in [3.63, 3.8) is 0 Å². The molecule has 0 fully saturated rings. The summed E-state index contributed by atoms with van der Waals surface area (Å²) in [6.45, 7) is 0.819. The second-order valence-electron chi connectivity index (χ2n) is 7.04. The predicted molar refractivity (Wildman–Crippen MR) is 120 cm³/mol. The molecule has 3 aromatic rings. The molecule has 0 radical (unpaired) electrons. The van der Waals surface area contributed by atoms with Crippen LogP contribution in [0.4, 0.5) is 5.69 Å². The average Bonchev–Trinajstić information content (AvgIpc) is 2.79.